The van der Waals surface area contributed by atoms with Gasteiger partial charge in [0.15, 0.2) is 0 Å². The van der Waals surface area contributed by atoms with Crippen molar-refractivity contribution in [2.75, 3.05) is 13.1 Å². The fourth-order valence-corrected chi connectivity index (χ4v) is 3.06. The molecule has 2 heterocycles. The maximum absolute atomic E-state index is 12.9. The van der Waals surface area contributed by atoms with Gasteiger partial charge in [0.05, 0.1) is 11.6 Å². The summed E-state index contributed by atoms with van der Waals surface area (Å²) in [5.41, 5.74) is 1.60. The molecule has 1 N–H and O–H groups in total. The Labute approximate surface area is 145 Å². The summed E-state index contributed by atoms with van der Waals surface area (Å²) in [6.07, 6.45) is -3.85. The Hall–Kier alpha value is -1.83. The van der Waals surface area contributed by atoms with Gasteiger partial charge in [-0.1, -0.05) is 28.1 Å². The van der Waals surface area contributed by atoms with E-state index in [2.05, 4.69) is 26.1 Å². The van der Waals surface area contributed by atoms with E-state index in [0.29, 0.717) is 18.7 Å². The van der Waals surface area contributed by atoms with Crippen molar-refractivity contribution < 1.29 is 18.0 Å². The zero-order chi connectivity index (χ0) is 17.3. The number of halogens is 4. The average molecular weight is 402 g/mol. The summed E-state index contributed by atoms with van der Waals surface area (Å²) in [4.78, 5) is 13.7. The number of likely N-dealkylation sites (tertiary alicyclic amines) is 1. The average Bonchev–Trinajstić information content (AvgIpc) is 3.04. The molecule has 2 aromatic rings. The standard InChI is InChI=1S/C16H15BrF3N3O/c17-12-5-3-10(4-6-12)13-8-14(22-21-13)15(24)23-7-1-2-11(9-23)16(18,19)20/h3-6,8,11H,1-2,7,9H2,(H,21,22). The van der Waals surface area contributed by atoms with E-state index in [9.17, 15) is 18.0 Å². The molecule has 0 spiro atoms. The van der Waals surface area contributed by atoms with Crippen LogP contribution in [-0.4, -0.2) is 40.3 Å². The Balaban J connectivity index is 1.75. The van der Waals surface area contributed by atoms with Crippen molar-refractivity contribution in [1.82, 2.24) is 15.1 Å². The minimum Gasteiger partial charge on any atom is -0.337 e. The number of nitrogens with one attached hydrogen (secondary N) is 1. The normalized spacial score (nSPS) is 18.7. The third-order valence-corrected chi connectivity index (χ3v) is 4.65. The Bertz CT molecular complexity index is 727. The van der Waals surface area contributed by atoms with Crippen LogP contribution in [-0.2, 0) is 0 Å². The number of amides is 1. The molecule has 1 aliphatic heterocycles. The van der Waals surface area contributed by atoms with Crippen LogP contribution in [0.15, 0.2) is 34.8 Å². The van der Waals surface area contributed by atoms with Crippen LogP contribution in [0.1, 0.15) is 23.3 Å². The molecule has 24 heavy (non-hydrogen) atoms. The van der Waals surface area contributed by atoms with E-state index in [0.717, 1.165) is 10.0 Å². The van der Waals surface area contributed by atoms with Gasteiger partial charge in [-0.05, 0) is 31.0 Å². The SMILES string of the molecule is O=C(c1cc(-c2ccc(Br)cc2)n[nH]1)N1CCCC(C(F)(F)F)C1. The van der Waals surface area contributed by atoms with Gasteiger partial charge in [-0.25, -0.2) is 0 Å². The van der Waals surface area contributed by atoms with Crippen LogP contribution in [0.5, 0.6) is 0 Å². The van der Waals surface area contributed by atoms with Crippen molar-refractivity contribution in [2.45, 2.75) is 19.0 Å². The van der Waals surface area contributed by atoms with Gasteiger partial charge in [0, 0.05) is 23.1 Å². The van der Waals surface area contributed by atoms with E-state index in [4.69, 9.17) is 0 Å². The molecule has 3 rings (SSSR count). The highest BCUT2D eigenvalue weighted by Crippen LogP contribution is 2.33. The molecule has 1 amide bonds. The second kappa shape index (κ2) is 6.58. The highest BCUT2D eigenvalue weighted by atomic mass is 79.9. The number of carbonyl (C=O) groups excluding carboxylic acids is 1. The molecule has 1 atom stereocenters. The first kappa shape index (κ1) is 17.0. The maximum Gasteiger partial charge on any atom is 0.393 e. The van der Waals surface area contributed by atoms with Crippen molar-refractivity contribution in [3.05, 3.63) is 40.5 Å². The van der Waals surface area contributed by atoms with Gasteiger partial charge in [-0.3, -0.25) is 9.89 Å². The summed E-state index contributed by atoms with van der Waals surface area (Å²) in [6, 6.07) is 8.96. The van der Waals surface area contributed by atoms with Gasteiger partial charge >= 0.3 is 6.18 Å². The summed E-state index contributed by atoms with van der Waals surface area (Å²) in [5, 5.41) is 6.73. The van der Waals surface area contributed by atoms with Crippen molar-refractivity contribution in [2.24, 2.45) is 5.92 Å². The lowest BCUT2D eigenvalue weighted by molar-refractivity contribution is -0.184. The van der Waals surface area contributed by atoms with Gasteiger partial charge in [0.2, 0.25) is 0 Å². The first-order valence-corrected chi connectivity index (χ1v) is 8.31. The summed E-state index contributed by atoms with van der Waals surface area (Å²) in [5.74, 6) is -1.90. The van der Waals surface area contributed by atoms with E-state index in [1.54, 1.807) is 6.07 Å². The van der Waals surface area contributed by atoms with E-state index >= 15 is 0 Å². The van der Waals surface area contributed by atoms with Gasteiger partial charge in [0.25, 0.3) is 5.91 Å². The predicted octanol–water partition coefficient (Wildman–Crippen LogP) is 4.25. The third kappa shape index (κ3) is 3.63. The zero-order valence-electron chi connectivity index (χ0n) is 12.6. The summed E-state index contributed by atoms with van der Waals surface area (Å²) in [6.45, 7) is 0.0347. The molecule has 0 aliphatic carbocycles. The van der Waals surface area contributed by atoms with E-state index in [-0.39, 0.29) is 18.7 Å². The number of aromatic amines is 1. The fourth-order valence-electron chi connectivity index (χ4n) is 2.80. The molecule has 128 valence electrons. The van der Waals surface area contributed by atoms with Crippen molar-refractivity contribution in [1.29, 1.82) is 0 Å². The Morgan fingerprint density at radius 1 is 1.29 bits per heavy atom. The minimum absolute atomic E-state index is 0.0698. The largest absolute Gasteiger partial charge is 0.393 e. The minimum atomic E-state index is -4.27. The number of piperidine rings is 1. The predicted molar refractivity (Wildman–Crippen MR) is 86.4 cm³/mol. The number of aromatic nitrogens is 2. The highest BCUT2D eigenvalue weighted by molar-refractivity contribution is 9.10. The van der Waals surface area contributed by atoms with E-state index in [1.165, 1.54) is 4.90 Å². The zero-order valence-corrected chi connectivity index (χ0v) is 14.2. The quantitative estimate of drug-likeness (QED) is 0.817. The van der Waals surface area contributed by atoms with Gasteiger partial charge in [-0.2, -0.15) is 18.3 Å². The summed E-state index contributed by atoms with van der Waals surface area (Å²) in [7, 11) is 0. The maximum atomic E-state index is 12.9. The molecular formula is C16H15BrF3N3O. The van der Waals surface area contributed by atoms with Crippen LogP contribution < -0.4 is 0 Å². The van der Waals surface area contributed by atoms with Crippen molar-refractivity contribution in [3.63, 3.8) is 0 Å². The molecule has 0 saturated carbocycles. The van der Waals surface area contributed by atoms with Crippen molar-refractivity contribution >= 4 is 21.8 Å². The second-order valence-electron chi connectivity index (χ2n) is 5.81. The molecule has 1 saturated heterocycles. The van der Waals surface area contributed by atoms with Crippen molar-refractivity contribution in [3.8, 4) is 11.3 Å². The summed E-state index contributed by atoms with van der Waals surface area (Å²) >= 11 is 3.34. The molecule has 1 aromatic heterocycles. The molecule has 0 bridgehead atoms. The number of rotatable bonds is 2. The smallest absolute Gasteiger partial charge is 0.337 e. The van der Waals surface area contributed by atoms with Gasteiger partial charge in [-0.15, -0.1) is 0 Å². The molecule has 0 radical (unpaired) electrons. The molecule has 8 heteroatoms. The van der Waals surface area contributed by atoms with Crippen LogP contribution in [0.3, 0.4) is 0 Å². The van der Waals surface area contributed by atoms with Crippen LogP contribution in [0.25, 0.3) is 11.3 Å². The molecular weight excluding hydrogens is 387 g/mol. The molecule has 1 aromatic carbocycles. The van der Waals surface area contributed by atoms with Gasteiger partial charge in [0.1, 0.15) is 5.69 Å². The molecule has 1 fully saturated rings. The molecule has 1 unspecified atom stereocenters. The number of H-pyrrole nitrogens is 1. The number of hydrogen-bond acceptors (Lipinski definition) is 2. The van der Waals surface area contributed by atoms with Crippen LogP contribution in [0.2, 0.25) is 0 Å². The lowest BCUT2D eigenvalue weighted by Gasteiger charge is -2.33. The number of benzene rings is 1. The summed E-state index contributed by atoms with van der Waals surface area (Å²) < 4.78 is 39.6. The van der Waals surface area contributed by atoms with Crippen LogP contribution in [0, 0.1) is 5.92 Å². The lowest BCUT2D eigenvalue weighted by atomic mass is 9.97. The lowest BCUT2D eigenvalue weighted by Crippen LogP contribution is -2.44. The Kier molecular flexibility index (Phi) is 4.67. The number of carbonyl (C=O) groups is 1. The van der Waals surface area contributed by atoms with Crippen LogP contribution in [0.4, 0.5) is 13.2 Å². The third-order valence-electron chi connectivity index (χ3n) is 4.12. The van der Waals surface area contributed by atoms with E-state index < -0.39 is 18.0 Å². The number of hydrogen-bond donors (Lipinski definition) is 1. The fraction of sp³-hybridized carbons (Fsp3) is 0.375. The number of nitrogens with zero attached hydrogens (tertiary/aromatic N) is 2. The van der Waals surface area contributed by atoms with E-state index in [1.807, 2.05) is 24.3 Å². The Morgan fingerprint density at radius 2 is 2.00 bits per heavy atom. The monoisotopic (exact) mass is 401 g/mol. The Morgan fingerprint density at radius 3 is 2.67 bits per heavy atom. The molecule has 4 nitrogen and oxygen atoms in total. The topological polar surface area (TPSA) is 49.0 Å². The first-order valence-electron chi connectivity index (χ1n) is 7.52. The second-order valence-corrected chi connectivity index (χ2v) is 6.72. The molecule has 1 aliphatic rings. The number of alkyl halides is 3. The van der Waals surface area contributed by atoms with Gasteiger partial charge < -0.3 is 4.90 Å². The highest BCUT2D eigenvalue weighted by Gasteiger charge is 2.42. The first-order chi connectivity index (χ1) is 11.3. The van der Waals surface area contributed by atoms with Crippen LogP contribution >= 0.6 is 15.9 Å².